The van der Waals surface area contributed by atoms with E-state index in [-0.39, 0.29) is 23.6 Å². The summed E-state index contributed by atoms with van der Waals surface area (Å²) in [6.07, 6.45) is 6.51. The molecule has 0 radical (unpaired) electrons. The van der Waals surface area contributed by atoms with Crippen LogP contribution < -0.4 is 31.5 Å². The van der Waals surface area contributed by atoms with Gasteiger partial charge < -0.3 is 45.9 Å². The Labute approximate surface area is 402 Å². The lowest BCUT2D eigenvalue weighted by molar-refractivity contribution is -0.144. The van der Waals surface area contributed by atoms with Crippen molar-refractivity contribution < 1.29 is 38.2 Å². The van der Waals surface area contributed by atoms with Gasteiger partial charge >= 0.3 is 6.09 Å². The van der Waals surface area contributed by atoms with Gasteiger partial charge in [0, 0.05) is 45.7 Å². The number of morpholine rings is 1. The summed E-state index contributed by atoms with van der Waals surface area (Å²) in [5.74, 6) is -2.57. The molecule has 5 N–H and O–H groups in total. The number of nitrogens with zero attached hydrogens (tertiary/aromatic N) is 3. The largest absolute Gasteiger partial charge is 0.436 e. The number of para-hydroxylation sites is 1. The fourth-order valence-corrected chi connectivity index (χ4v) is 10.6. The number of ether oxygens (including phenoxy) is 2. The minimum atomic E-state index is -1.14. The quantitative estimate of drug-likeness (QED) is 0.0690. The predicted octanol–water partition coefficient (Wildman–Crippen LogP) is 5.66. The second kappa shape index (κ2) is 24.8. The Morgan fingerprint density at radius 3 is 2.07 bits per heavy atom. The van der Waals surface area contributed by atoms with Crippen molar-refractivity contribution in [1.82, 2.24) is 36.5 Å². The number of benzene rings is 3. The summed E-state index contributed by atoms with van der Waals surface area (Å²) in [6.45, 7) is 5.54. The highest BCUT2D eigenvalue weighted by Crippen LogP contribution is 2.33. The molecule has 7 rings (SSSR count). The maximum Gasteiger partial charge on any atom is 0.407 e. The molecule has 1 aromatic heterocycles. The molecule has 17 heteroatoms. The van der Waals surface area contributed by atoms with Gasteiger partial charge in [0.15, 0.2) is 11.2 Å². The number of rotatable bonds is 20. The van der Waals surface area contributed by atoms with Gasteiger partial charge in [0.05, 0.1) is 29.0 Å². The lowest BCUT2D eigenvalue weighted by atomic mass is 9.83. The molecule has 16 nitrogen and oxygen atoms in total. The number of fused-ring (bicyclic) bond motifs is 1. The molecule has 68 heavy (non-hydrogen) atoms. The molecule has 3 aliphatic rings. The fraction of sp³-hybridized carbons (Fsp3) is 0.510. The molecule has 1 aliphatic carbocycles. The van der Waals surface area contributed by atoms with Crippen molar-refractivity contribution in [3.8, 4) is 0 Å². The number of thiazole rings is 1. The van der Waals surface area contributed by atoms with E-state index in [1.165, 1.54) is 14.0 Å². The van der Waals surface area contributed by atoms with Crippen LogP contribution in [0.3, 0.4) is 0 Å². The van der Waals surface area contributed by atoms with E-state index in [0.717, 1.165) is 85.4 Å². The molecule has 0 bridgehead atoms. The third-order valence-electron chi connectivity index (χ3n) is 13.2. The van der Waals surface area contributed by atoms with Crippen LogP contribution in [0, 0.1) is 5.92 Å². The Balaban J connectivity index is 0.977. The molecule has 4 atom stereocenters. The summed E-state index contributed by atoms with van der Waals surface area (Å²) in [6, 6.07) is 22.1. The van der Waals surface area contributed by atoms with Crippen molar-refractivity contribution in [2.45, 2.75) is 108 Å². The van der Waals surface area contributed by atoms with E-state index in [0.29, 0.717) is 63.2 Å². The Kier molecular flexibility index (Phi) is 18.2. The van der Waals surface area contributed by atoms with Crippen LogP contribution >= 0.6 is 11.3 Å². The summed E-state index contributed by atoms with van der Waals surface area (Å²) in [5.41, 5.74) is 2.96. The highest BCUT2D eigenvalue weighted by Gasteiger charge is 2.43. The minimum absolute atomic E-state index is 0.145. The van der Waals surface area contributed by atoms with Crippen molar-refractivity contribution in [1.29, 1.82) is 0 Å². The second-order valence-electron chi connectivity index (χ2n) is 17.9. The highest BCUT2D eigenvalue weighted by molar-refractivity contribution is 7.22. The van der Waals surface area contributed by atoms with Crippen LogP contribution in [0.1, 0.15) is 105 Å². The Hall–Kier alpha value is -6.07. The normalized spacial score (nSPS) is 17.8. The SMILES string of the molecule is CNC(=O)OC(C)C(=O)NC(C(=O)N1CCC[C@H]1C(=O)NC(C(=O)NCCCCCCNC(=O)c1cccc2sc(N3CCOCC3)nc12)C(c1ccccc1)c1ccccc1)C1CCCCC1. The van der Waals surface area contributed by atoms with E-state index in [1.54, 1.807) is 16.2 Å². The van der Waals surface area contributed by atoms with E-state index in [9.17, 15) is 28.8 Å². The number of hydrogen-bond donors (Lipinski definition) is 5. The number of nitrogens with one attached hydrogen (secondary N) is 5. The molecule has 0 spiro atoms. The molecule has 3 aromatic carbocycles. The van der Waals surface area contributed by atoms with Crippen LogP contribution in [0.25, 0.3) is 10.2 Å². The zero-order valence-corrected chi connectivity index (χ0v) is 40.0. The maximum atomic E-state index is 14.6. The van der Waals surface area contributed by atoms with Crippen molar-refractivity contribution in [3.05, 3.63) is 95.6 Å². The van der Waals surface area contributed by atoms with Crippen molar-refractivity contribution in [3.63, 3.8) is 0 Å². The molecular formula is C51H66N8O8S. The van der Waals surface area contributed by atoms with Crippen LogP contribution in [0.2, 0.25) is 0 Å². The molecule has 4 aromatic rings. The van der Waals surface area contributed by atoms with Gasteiger partial charge in [-0.05, 0) is 74.6 Å². The number of carbonyl (C=O) groups is 6. The van der Waals surface area contributed by atoms with E-state index < -0.39 is 48.1 Å². The molecule has 364 valence electrons. The van der Waals surface area contributed by atoms with Gasteiger partial charge in [-0.2, -0.15) is 0 Å². The number of alkyl carbamates (subject to hydrolysis) is 1. The van der Waals surface area contributed by atoms with Gasteiger partial charge in [0.2, 0.25) is 17.7 Å². The smallest absolute Gasteiger partial charge is 0.407 e. The van der Waals surface area contributed by atoms with Gasteiger partial charge in [0.25, 0.3) is 11.8 Å². The first-order valence-electron chi connectivity index (χ1n) is 24.3. The molecule has 2 saturated heterocycles. The highest BCUT2D eigenvalue weighted by atomic mass is 32.1. The monoisotopic (exact) mass is 950 g/mol. The van der Waals surface area contributed by atoms with Crippen molar-refractivity contribution in [2.75, 3.05) is 57.9 Å². The molecule has 2 aliphatic heterocycles. The number of hydrogen-bond acceptors (Lipinski definition) is 11. The summed E-state index contributed by atoms with van der Waals surface area (Å²) in [4.78, 5) is 90.7. The van der Waals surface area contributed by atoms with E-state index in [4.69, 9.17) is 14.5 Å². The molecule has 3 heterocycles. The molecular weight excluding hydrogens is 885 g/mol. The average Bonchev–Trinajstić information content (AvgIpc) is 4.06. The van der Waals surface area contributed by atoms with Gasteiger partial charge in [0.1, 0.15) is 18.1 Å². The first-order chi connectivity index (χ1) is 33.1. The standard InChI is InChI=1S/C51H66N8O8S/c1-34(67-51(65)52-2)45(60)55-42(37-22-12-7-13-23-37)49(64)59-29-17-25-39(59)47(62)56-44(41(35-18-8-5-9-19-35)36-20-10-6-11-21-36)48(63)54-28-15-4-3-14-27-53-46(61)38-24-16-26-40-43(38)57-50(68-40)58-30-32-66-33-31-58/h5-6,8-11,16,18-21,24,26,34,37,39,41-42,44H,3-4,7,12-15,17,22-23,25,27-33H2,1-2H3,(H,52,65)(H,53,61)(H,54,63)(H,55,60)(H,56,62)/t34?,39-,42?,44?/m0/s1. The molecule has 3 fully saturated rings. The fourth-order valence-electron chi connectivity index (χ4n) is 9.55. The lowest BCUT2D eigenvalue weighted by Gasteiger charge is -2.35. The zero-order chi connectivity index (χ0) is 47.8. The number of carbonyl (C=O) groups excluding carboxylic acids is 6. The number of aromatic nitrogens is 1. The first-order valence-corrected chi connectivity index (χ1v) is 25.1. The lowest BCUT2D eigenvalue weighted by Crippen LogP contribution is -2.59. The van der Waals surface area contributed by atoms with Gasteiger partial charge in [-0.1, -0.05) is 110 Å². The summed E-state index contributed by atoms with van der Waals surface area (Å²) in [5, 5.41) is 15.4. The maximum absolute atomic E-state index is 14.6. The Morgan fingerprint density at radius 1 is 0.750 bits per heavy atom. The minimum Gasteiger partial charge on any atom is -0.436 e. The molecule has 3 unspecified atom stereocenters. The predicted molar refractivity (Wildman–Crippen MR) is 261 cm³/mol. The van der Waals surface area contributed by atoms with E-state index in [1.807, 2.05) is 78.9 Å². The Morgan fingerprint density at radius 2 is 1.41 bits per heavy atom. The number of unbranched alkanes of at least 4 members (excludes halogenated alkanes) is 3. The topological polar surface area (TPSA) is 200 Å². The summed E-state index contributed by atoms with van der Waals surface area (Å²) < 4.78 is 11.6. The average molecular weight is 951 g/mol. The van der Waals surface area contributed by atoms with Crippen molar-refractivity contribution in [2.24, 2.45) is 5.92 Å². The summed E-state index contributed by atoms with van der Waals surface area (Å²) >= 11 is 1.59. The van der Waals surface area contributed by atoms with Gasteiger partial charge in [-0.3, -0.25) is 24.0 Å². The zero-order valence-electron chi connectivity index (χ0n) is 39.2. The van der Waals surface area contributed by atoms with Crippen LogP contribution in [-0.2, 0) is 28.7 Å². The van der Waals surface area contributed by atoms with Crippen LogP contribution in [0.15, 0.2) is 78.9 Å². The van der Waals surface area contributed by atoms with Crippen LogP contribution in [0.5, 0.6) is 0 Å². The molecule has 1 saturated carbocycles. The number of likely N-dealkylation sites (tertiary alicyclic amines) is 1. The second-order valence-corrected chi connectivity index (χ2v) is 18.9. The molecule has 6 amide bonds. The van der Waals surface area contributed by atoms with Crippen molar-refractivity contribution >= 4 is 62.3 Å². The Bertz CT molecular complexity index is 2280. The number of anilines is 1. The van der Waals surface area contributed by atoms with Crippen LogP contribution in [0.4, 0.5) is 9.93 Å². The van der Waals surface area contributed by atoms with Crippen LogP contribution in [-0.4, -0.2) is 123 Å². The van der Waals surface area contributed by atoms with Gasteiger partial charge in [-0.25, -0.2) is 9.78 Å². The first kappa shape index (κ1) is 49.8. The van der Waals surface area contributed by atoms with Gasteiger partial charge in [-0.15, -0.1) is 0 Å². The number of amides is 6. The van der Waals surface area contributed by atoms with E-state index >= 15 is 0 Å². The summed E-state index contributed by atoms with van der Waals surface area (Å²) in [7, 11) is 1.40. The van der Waals surface area contributed by atoms with E-state index in [2.05, 4.69) is 31.5 Å². The third-order valence-corrected chi connectivity index (χ3v) is 14.3. The third kappa shape index (κ3) is 12.9.